The van der Waals surface area contributed by atoms with Gasteiger partial charge in [-0.2, -0.15) is 0 Å². The zero-order valence-corrected chi connectivity index (χ0v) is 19.0. The number of hydrogen-bond donors (Lipinski definition) is 1. The van der Waals surface area contributed by atoms with E-state index in [-0.39, 0.29) is 32.0 Å². The van der Waals surface area contributed by atoms with Gasteiger partial charge in [-0.1, -0.05) is 53.5 Å². The van der Waals surface area contributed by atoms with E-state index >= 15 is 0 Å². The Morgan fingerprint density at radius 3 is 2.41 bits per heavy atom. The molecule has 0 aliphatic carbocycles. The van der Waals surface area contributed by atoms with Crippen molar-refractivity contribution in [3.8, 4) is 0 Å². The highest BCUT2D eigenvalue weighted by Gasteiger charge is 2.29. The van der Waals surface area contributed by atoms with Crippen LogP contribution in [0.3, 0.4) is 0 Å². The number of anilines is 2. The monoisotopic (exact) mass is 493 g/mol. The van der Waals surface area contributed by atoms with Crippen molar-refractivity contribution in [2.24, 2.45) is 0 Å². The molecule has 0 spiro atoms. The van der Waals surface area contributed by atoms with Crippen molar-refractivity contribution in [3.05, 3.63) is 92.5 Å². The van der Waals surface area contributed by atoms with Crippen LogP contribution in [0.25, 0.3) is 0 Å². The minimum atomic E-state index is -4.19. The number of benzene rings is 3. The van der Waals surface area contributed by atoms with E-state index in [0.29, 0.717) is 5.56 Å². The third-order valence-electron chi connectivity index (χ3n) is 4.52. The van der Waals surface area contributed by atoms with Crippen LogP contribution in [0.2, 0.25) is 10.0 Å². The Morgan fingerprint density at radius 1 is 1.06 bits per heavy atom. The lowest BCUT2D eigenvalue weighted by Crippen LogP contribution is -2.38. The molecule has 11 heteroatoms. The standard InChI is InChI=1S/C21H17Cl2N3O5S/c1-14-10-11-15(26(28)29)12-18(14)24-20(27)13-25(19-9-5-8-17(22)21(19)23)32(30,31)16-6-3-2-4-7-16/h2-12H,13H2,1H3,(H,24,27). The molecule has 3 aromatic carbocycles. The van der Waals surface area contributed by atoms with Gasteiger partial charge in [0.25, 0.3) is 15.7 Å². The number of rotatable bonds is 7. The van der Waals surface area contributed by atoms with Crippen LogP contribution in [-0.4, -0.2) is 25.8 Å². The van der Waals surface area contributed by atoms with Crippen LogP contribution in [0, 0.1) is 17.0 Å². The summed E-state index contributed by atoms with van der Waals surface area (Å²) in [5, 5.41) is 13.7. The fourth-order valence-electron chi connectivity index (χ4n) is 2.88. The molecule has 3 rings (SSSR count). The SMILES string of the molecule is Cc1ccc([N+](=O)[O-])cc1NC(=O)CN(c1cccc(Cl)c1Cl)S(=O)(=O)c1ccccc1. The number of non-ortho nitro benzene ring substituents is 1. The molecule has 0 bridgehead atoms. The lowest BCUT2D eigenvalue weighted by atomic mass is 10.2. The molecule has 0 saturated heterocycles. The number of hydrogen-bond acceptors (Lipinski definition) is 5. The Kier molecular flexibility index (Phi) is 7.02. The van der Waals surface area contributed by atoms with Crippen molar-refractivity contribution >= 4 is 56.2 Å². The summed E-state index contributed by atoms with van der Waals surface area (Å²) in [7, 11) is -4.19. The lowest BCUT2D eigenvalue weighted by Gasteiger charge is -2.25. The number of aryl methyl sites for hydroxylation is 1. The minimum absolute atomic E-state index is 0.0222. The number of nitro benzene ring substituents is 1. The molecule has 0 aromatic heterocycles. The van der Waals surface area contributed by atoms with Crippen LogP contribution in [0.1, 0.15) is 5.56 Å². The molecule has 1 N–H and O–H groups in total. The van der Waals surface area contributed by atoms with Gasteiger partial charge >= 0.3 is 0 Å². The highest BCUT2D eigenvalue weighted by atomic mass is 35.5. The summed E-state index contributed by atoms with van der Waals surface area (Å²) in [4.78, 5) is 23.3. The molecule has 32 heavy (non-hydrogen) atoms. The highest BCUT2D eigenvalue weighted by Crippen LogP contribution is 2.35. The molecule has 0 fully saturated rings. The van der Waals surface area contributed by atoms with Crippen molar-refractivity contribution in [2.75, 3.05) is 16.2 Å². The topological polar surface area (TPSA) is 110 Å². The number of carbonyl (C=O) groups is 1. The first kappa shape index (κ1) is 23.5. The van der Waals surface area contributed by atoms with Crippen LogP contribution in [0.5, 0.6) is 0 Å². The van der Waals surface area contributed by atoms with Gasteiger partial charge in [0, 0.05) is 12.1 Å². The minimum Gasteiger partial charge on any atom is -0.324 e. The van der Waals surface area contributed by atoms with Crippen LogP contribution in [-0.2, 0) is 14.8 Å². The van der Waals surface area contributed by atoms with E-state index in [4.69, 9.17) is 23.2 Å². The fourth-order valence-corrected chi connectivity index (χ4v) is 4.78. The second-order valence-electron chi connectivity index (χ2n) is 6.70. The van der Waals surface area contributed by atoms with Crippen molar-refractivity contribution in [3.63, 3.8) is 0 Å². The second kappa shape index (κ2) is 9.56. The fraction of sp³-hybridized carbons (Fsp3) is 0.0952. The first-order valence-electron chi connectivity index (χ1n) is 9.18. The molecule has 3 aromatic rings. The zero-order valence-electron chi connectivity index (χ0n) is 16.7. The summed E-state index contributed by atoms with van der Waals surface area (Å²) < 4.78 is 27.5. The summed E-state index contributed by atoms with van der Waals surface area (Å²) >= 11 is 12.3. The van der Waals surface area contributed by atoms with E-state index in [9.17, 15) is 23.3 Å². The lowest BCUT2D eigenvalue weighted by molar-refractivity contribution is -0.384. The van der Waals surface area contributed by atoms with Crippen LogP contribution >= 0.6 is 23.2 Å². The molecule has 0 unspecified atom stereocenters. The van der Waals surface area contributed by atoms with E-state index in [1.54, 1.807) is 25.1 Å². The third kappa shape index (κ3) is 5.01. The first-order valence-corrected chi connectivity index (χ1v) is 11.4. The second-order valence-corrected chi connectivity index (χ2v) is 9.35. The van der Waals surface area contributed by atoms with E-state index in [1.165, 1.54) is 48.5 Å². The van der Waals surface area contributed by atoms with Gasteiger partial charge < -0.3 is 5.32 Å². The van der Waals surface area contributed by atoms with Crippen molar-refractivity contribution in [1.29, 1.82) is 0 Å². The number of halogens is 2. The van der Waals surface area contributed by atoms with Crippen molar-refractivity contribution < 1.29 is 18.1 Å². The highest BCUT2D eigenvalue weighted by molar-refractivity contribution is 7.92. The number of nitrogens with zero attached hydrogens (tertiary/aromatic N) is 2. The van der Waals surface area contributed by atoms with Gasteiger partial charge in [0.2, 0.25) is 5.91 Å². The number of carbonyl (C=O) groups excluding carboxylic acids is 1. The smallest absolute Gasteiger partial charge is 0.271 e. The molecule has 0 saturated carbocycles. The summed E-state index contributed by atoms with van der Waals surface area (Å²) in [5.41, 5.74) is 0.576. The Labute approximate surface area is 194 Å². The number of sulfonamides is 1. The summed E-state index contributed by atoms with van der Waals surface area (Å²) in [5.74, 6) is -0.718. The molecule has 8 nitrogen and oxygen atoms in total. The van der Waals surface area contributed by atoms with Gasteiger partial charge in [0.15, 0.2) is 0 Å². The van der Waals surface area contributed by atoms with Gasteiger partial charge in [-0.3, -0.25) is 19.2 Å². The molecule has 166 valence electrons. The molecule has 0 aliphatic rings. The van der Waals surface area contributed by atoms with Crippen LogP contribution in [0.4, 0.5) is 17.1 Å². The normalized spacial score (nSPS) is 11.1. The maximum absolute atomic E-state index is 13.3. The summed E-state index contributed by atoms with van der Waals surface area (Å²) in [6, 6.07) is 16.0. The van der Waals surface area contributed by atoms with Gasteiger partial charge in [-0.25, -0.2) is 8.42 Å². The number of nitrogens with one attached hydrogen (secondary N) is 1. The number of amides is 1. The van der Waals surface area contributed by atoms with Crippen LogP contribution in [0.15, 0.2) is 71.6 Å². The first-order chi connectivity index (χ1) is 15.1. The largest absolute Gasteiger partial charge is 0.324 e. The van der Waals surface area contributed by atoms with Gasteiger partial charge in [-0.15, -0.1) is 0 Å². The average molecular weight is 494 g/mol. The molecule has 1 amide bonds. The maximum Gasteiger partial charge on any atom is 0.271 e. The van der Waals surface area contributed by atoms with E-state index in [2.05, 4.69) is 5.32 Å². The molecular weight excluding hydrogens is 477 g/mol. The number of nitro groups is 1. The molecular formula is C21H17Cl2N3O5S. The molecule has 0 heterocycles. The van der Waals surface area contributed by atoms with Crippen molar-refractivity contribution in [1.82, 2.24) is 0 Å². The summed E-state index contributed by atoms with van der Waals surface area (Å²) in [6.07, 6.45) is 0. The quantitative estimate of drug-likeness (QED) is 0.366. The van der Waals surface area contributed by atoms with E-state index < -0.39 is 27.4 Å². The van der Waals surface area contributed by atoms with Crippen molar-refractivity contribution in [2.45, 2.75) is 11.8 Å². The van der Waals surface area contributed by atoms with E-state index in [1.807, 2.05) is 0 Å². The van der Waals surface area contributed by atoms with Gasteiger partial charge in [-0.05, 0) is 36.8 Å². The Bertz CT molecular complexity index is 1280. The molecule has 0 radical (unpaired) electrons. The Balaban J connectivity index is 2.00. The maximum atomic E-state index is 13.3. The predicted molar refractivity (Wildman–Crippen MR) is 124 cm³/mol. The van der Waals surface area contributed by atoms with Gasteiger partial charge in [0.1, 0.15) is 6.54 Å². The van der Waals surface area contributed by atoms with Crippen LogP contribution < -0.4 is 9.62 Å². The third-order valence-corrected chi connectivity index (χ3v) is 7.11. The zero-order chi connectivity index (χ0) is 23.5. The Hall–Kier alpha value is -3.14. The Morgan fingerprint density at radius 2 is 1.75 bits per heavy atom. The predicted octanol–water partition coefficient (Wildman–Crippen LogP) is 5.04. The molecule has 0 aliphatic heterocycles. The van der Waals surface area contributed by atoms with Gasteiger partial charge in [0.05, 0.1) is 31.2 Å². The molecule has 0 atom stereocenters. The van der Waals surface area contributed by atoms with E-state index in [0.717, 1.165) is 4.31 Å². The average Bonchev–Trinajstić information content (AvgIpc) is 2.76. The summed E-state index contributed by atoms with van der Waals surface area (Å²) in [6.45, 7) is 1.02.